The summed E-state index contributed by atoms with van der Waals surface area (Å²) in [4.78, 5) is 0. The molecule has 1 saturated heterocycles. The maximum absolute atomic E-state index is 10.5. The average molecular weight is 301 g/mol. The van der Waals surface area contributed by atoms with Crippen molar-refractivity contribution in [1.82, 2.24) is 5.32 Å². The van der Waals surface area contributed by atoms with Crippen molar-refractivity contribution in [2.24, 2.45) is 5.92 Å². The molecule has 0 saturated carbocycles. The molecular weight excluding hydrogens is 278 g/mol. The summed E-state index contributed by atoms with van der Waals surface area (Å²) in [5.41, 5.74) is 0.999. The molecule has 0 bridgehead atoms. The van der Waals surface area contributed by atoms with Gasteiger partial charge in [0.25, 0.3) is 0 Å². The van der Waals surface area contributed by atoms with Crippen LogP contribution in [0.5, 0.6) is 5.75 Å². The van der Waals surface area contributed by atoms with Crippen LogP contribution < -0.4 is 5.32 Å². The van der Waals surface area contributed by atoms with Gasteiger partial charge in [-0.25, -0.2) is 0 Å². The number of hydrogen-bond acceptors (Lipinski definition) is 3. The van der Waals surface area contributed by atoms with Crippen LogP contribution in [0.3, 0.4) is 0 Å². The smallest absolute Gasteiger partial charge is 0.128 e. The Morgan fingerprint density at radius 3 is 2.76 bits per heavy atom. The number of benzene rings is 2. The van der Waals surface area contributed by atoms with Gasteiger partial charge in [0.2, 0.25) is 0 Å². The summed E-state index contributed by atoms with van der Waals surface area (Å²) < 4.78 is 0. The molecule has 1 atom stereocenters. The van der Waals surface area contributed by atoms with Gasteiger partial charge < -0.3 is 10.4 Å². The Labute approximate surface area is 130 Å². The summed E-state index contributed by atoms with van der Waals surface area (Å²) in [6, 6.07) is 12.3. The van der Waals surface area contributed by atoms with Crippen LogP contribution in [0.1, 0.15) is 31.4 Å². The van der Waals surface area contributed by atoms with Crippen molar-refractivity contribution in [2.75, 3.05) is 18.1 Å². The molecule has 0 aromatic heterocycles. The Balaban J connectivity index is 1.71. The number of thioether (sulfide) groups is 1. The summed E-state index contributed by atoms with van der Waals surface area (Å²) in [5.74, 6) is 3.80. The van der Waals surface area contributed by atoms with Gasteiger partial charge in [-0.3, -0.25) is 0 Å². The van der Waals surface area contributed by atoms with Crippen molar-refractivity contribution < 1.29 is 5.11 Å². The molecule has 2 aromatic rings. The van der Waals surface area contributed by atoms with Gasteiger partial charge in [0.05, 0.1) is 0 Å². The second-order valence-corrected chi connectivity index (χ2v) is 7.13. The van der Waals surface area contributed by atoms with Crippen LogP contribution in [0, 0.1) is 5.92 Å². The Hall–Kier alpha value is -1.19. The molecule has 0 spiro atoms. The molecule has 0 aliphatic carbocycles. The molecule has 0 amide bonds. The highest BCUT2D eigenvalue weighted by Gasteiger charge is 2.17. The zero-order chi connectivity index (χ0) is 14.7. The summed E-state index contributed by atoms with van der Waals surface area (Å²) in [7, 11) is 0. The van der Waals surface area contributed by atoms with E-state index < -0.39 is 0 Å². The van der Waals surface area contributed by atoms with E-state index in [-0.39, 0.29) is 6.04 Å². The molecular formula is C18H23NOS. The number of phenols is 1. The van der Waals surface area contributed by atoms with Gasteiger partial charge in [-0.15, -0.1) is 0 Å². The Morgan fingerprint density at radius 1 is 1.19 bits per heavy atom. The molecule has 1 aliphatic rings. The fraction of sp³-hybridized carbons (Fsp3) is 0.444. The maximum atomic E-state index is 10.5. The minimum Gasteiger partial charge on any atom is -0.507 e. The fourth-order valence-corrected chi connectivity index (χ4v) is 4.23. The van der Waals surface area contributed by atoms with E-state index >= 15 is 0 Å². The summed E-state index contributed by atoms with van der Waals surface area (Å²) in [6.07, 6.45) is 2.63. The average Bonchev–Trinajstić information content (AvgIpc) is 2.54. The third-order valence-electron chi connectivity index (χ3n) is 4.45. The van der Waals surface area contributed by atoms with Crippen LogP contribution in [-0.2, 0) is 0 Å². The number of phenolic OH excluding ortho intramolecular Hbond substituents is 1. The van der Waals surface area contributed by atoms with Gasteiger partial charge in [0.1, 0.15) is 5.75 Å². The highest BCUT2D eigenvalue weighted by atomic mass is 32.2. The summed E-state index contributed by atoms with van der Waals surface area (Å²) in [6.45, 7) is 3.19. The van der Waals surface area contributed by atoms with Crippen molar-refractivity contribution in [3.8, 4) is 5.75 Å². The molecule has 1 fully saturated rings. The van der Waals surface area contributed by atoms with Crippen LogP contribution in [0.4, 0.5) is 0 Å². The lowest BCUT2D eigenvalue weighted by molar-refractivity contribution is 0.410. The van der Waals surface area contributed by atoms with Gasteiger partial charge in [-0.1, -0.05) is 36.4 Å². The molecule has 112 valence electrons. The molecule has 1 unspecified atom stereocenters. The van der Waals surface area contributed by atoms with Crippen molar-refractivity contribution >= 4 is 22.5 Å². The minimum atomic E-state index is 0.184. The second kappa shape index (κ2) is 6.71. The lowest BCUT2D eigenvalue weighted by atomic mass is 9.99. The SMILES string of the molecule is CC(NCC1CCSCC1)c1ccc2ccccc2c1O. The minimum absolute atomic E-state index is 0.184. The van der Waals surface area contributed by atoms with Gasteiger partial charge in [-0.05, 0) is 49.1 Å². The quantitative estimate of drug-likeness (QED) is 0.881. The van der Waals surface area contributed by atoms with Crippen LogP contribution >= 0.6 is 11.8 Å². The van der Waals surface area contributed by atoms with E-state index in [2.05, 4.69) is 30.1 Å². The van der Waals surface area contributed by atoms with E-state index in [1.54, 1.807) is 0 Å². The third kappa shape index (κ3) is 3.35. The first-order chi connectivity index (χ1) is 10.3. The number of nitrogens with one attached hydrogen (secondary N) is 1. The monoisotopic (exact) mass is 301 g/mol. The highest BCUT2D eigenvalue weighted by molar-refractivity contribution is 7.99. The number of hydrogen-bond donors (Lipinski definition) is 2. The first kappa shape index (κ1) is 14.7. The fourth-order valence-electron chi connectivity index (χ4n) is 3.03. The summed E-state index contributed by atoms with van der Waals surface area (Å²) in [5, 5.41) is 16.2. The lowest BCUT2D eigenvalue weighted by Gasteiger charge is -2.24. The van der Waals surface area contributed by atoms with Gasteiger partial charge in [0.15, 0.2) is 0 Å². The lowest BCUT2D eigenvalue weighted by Crippen LogP contribution is -2.28. The molecule has 1 heterocycles. The van der Waals surface area contributed by atoms with Crippen molar-refractivity contribution in [3.63, 3.8) is 0 Å². The van der Waals surface area contributed by atoms with E-state index in [1.165, 1.54) is 24.3 Å². The molecule has 2 nitrogen and oxygen atoms in total. The third-order valence-corrected chi connectivity index (χ3v) is 5.50. The molecule has 21 heavy (non-hydrogen) atoms. The van der Waals surface area contributed by atoms with E-state index in [9.17, 15) is 5.11 Å². The van der Waals surface area contributed by atoms with Gasteiger partial charge in [0, 0.05) is 17.0 Å². The van der Waals surface area contributed by atoms with Crippen LogP contribution in [0.15, 0.2) is 36.4 Å². The maximum Gasteiger partial charge on any atom is 0.128 e. The molecule has 2 N–H and O–H groups in total. The Bertz CT molecular complexity index is 607. The number of aromatic hydroxyl groups is 1. The predicted octanol–water partition coefficient (Wildman–Crippen LogP) is 4.34. The topological polar surface area (TPSA) is 32.3 Å². The standard InChI is InChI=1S/C18H23NOS/c1-13(19-12-14-8-10-21-11-9-14)16-7-6-15-4-2-3-5-17(15)18(16)20/h2-7,13-14,19-20H,8-12H2,1H3. The normalized spacial score (nSPS) is 18.0. The summed E-state index contributed by atoms with van der Waals surface area (Å²) >= 11 is 2.07. The van der Waals surface area contributed by atoms with Crippen LogP contribution in [0.2, 0.25) is 0 Å². The highest BCUT2D eigenvalue weighted by Crippen LogP contribution is 2.32. The first-order valence-corrected chi connectivity index (χ1v) is 8.93. The van der Waals surface area contributed by atoms with Crippen LogP contribution in [-0.4, -0.2) is 23.2 Å². The largest absolute Gasteiger partial charge is 0.507 e. The van der Waals surface area contributed by atoms with Crippen molar-refractivity contribution in [2.45, 2.75) is 25.8 Å². The number of fused-ring (bicyclic) bond motifs is 1. The van der Waals surface area contributed by atoms with Gasteiger partial charge in [-0.2, -0.15) is 11.8 Å². The van der Waals surface area contributed by atoms with E-state index in [0.717, 1.165) is 28.8 Å². The van der Waals surface area contributed by atoms with E-state index in [1.807, 2.05) is 30.3 Å². The molecule has 3 heteroatoms. The van der Waals surface area contributed by atoms with Gasteiger partial charge >= 0.3 is 0 Å². The Morgan fingerprint density at radius 2 is 1.95 bits per heavy atom. The Kier molecular flexibility index (Phi) is 4.71. The number of rotatable bonds is 4. The van der Waals surface area contributed by atoms with E-state index in [4.69, 9.17) is 0 Å². The second-order valence-electron chi connectivity index (χ2n) is 5.91. The predicted molar refractivity (Wildman–Crippen MR) is 92.1 cm³/mol. The zero-order valence-corrected chi connectivity index (χ0v) is 13.3. The van der Waals surface area contributed by atoms with Crippen LogP contribution in [0.25, 0.3) is 10.8 Å². The molecule has 1 aliphatic heterocycles. The molecule has 2 aromatic carbocycles. The van der Waals surface area contributed by atoms with Crippen molar-refractivity contribution in [3.05, 3.63) is 42.0 Å². The van der Waals surface area contributed by atoms with E-state index in [0.29, 0.717) is 5.75 Å². The molecule has 0 radical (unpaired) electrons. The molecule has 3 rings (SSSR count). The zero-order valence-electron chi connectivity index (χ0n) is 12.5. The first-order valence-electron chi connectivity index (χ1n) is 7.77. The van der Waals surface area contributed by atoms with Crippen molar-refractivity contribution in [1.29, 1.82) is 0 Å².